The topological polar surface area (TPSA) is 58.9 Å². The lowest BCUT2D eigenvalue weighted by atomic mass is 10.1. The second-order valence-electron chi connectivity index (χ2n) is 5.35. The quantitative estimate of drug-likeness (QED) is 0.580. The highest BCUT2D eigenvalue weighted by molar-refractivity contribution is 8.18. The second-order valence-corrected chi connectivity index (χ2v) is 7.26. The van der Waals surface area contributed by atoms with Gasteiger partial charge in [0.05, 0.1) is 17.7 Å². The Bertz CT molecular complexity index is 900. The Balaban J connectivity index is 2.00. The number of aliphatic hydroxyl groups is 1. The fourth-order valence-electron chi connectivity index (χ4n) is 2.36. The van der Waals surface area contributed by atoms with Crippen LogP contribution in [0.15, 0.2) is 80.7 Å². The molecule has 2 aromatic carbocycles. The average Bonchev–Trinajstić information content (AvgIpc) is 2.97. The lowest BCUT2D eigenvalue weighted by Gasteiger charge is -2.01. The van der Waals surface area contributed by atoms with Gasteiger partial charge in [-0.1, -0.05) is 42.1 Å². The number of benzene rings is 2. The highest BCUT2D eigenvalue weighted by Crippen LogP contribution is 2.40. The first-order valence-electron chi connectivity index (χ1n) is 7.82. The highest BCUT2D eigenvalue weighted by Gasteiger charge is 2.32. The number of aliphatic imine (C=N–C) groups is 1. The molecule has 0 unspecified atom stereocenters. The van der Waals surface area contributed by atoms with Gasteiger partial charge in [-0.25, -0.2) is 9.79 Å². The van der Waals surface area contributed by atoms with Gasteiger partial charge in [-0.2, -0.15) is 0 Å². The molecule has 0 atom stereocenters. The molecule has 0 radical (unpaired) electrons. The van der Waals surface area contributed by atoms with E-state index in [1.54, 1.807) is 11.8 Å². The molecule has 0 amide bonds. The van der Waals surface area contributed by atoms with Gasteiger partial charge >= 0.3 is 5.97 Å². The average molecular weight is 383 g/mol. The zero-order valence-electron chi connectivity index (χ0n) is 14.3. The van der Waals surface area contributed by atoms with Gasteiger partial charge in [-0.05, 0) is 42.2 Å². The smallest absolute Gasteiger partial charge is 0.344 e. The zero-order valence-corrected chi connectivity index (χ0v) is 15.9. The first-order valence-corrected chi connectivity index (χ1v) is 9.86. The minimum Gasteiger partial charge on any atom is -0.506 e. The summed E-state index contributed by atoms with van der Waals surface area (Å²) in [5.41, 5.74) is 1.73. The summed E-state index contributed by atoms with van der Waals surface area (Å²) in [6.45, 7) is 0. The van der Waals surface area contributed by atoms with Crippen LogP contribution in [-0.4, -0.2) is 29.5 Å². The number of hydrogen-bond acceptors (Lipinski definition) is 6. The van der Waals surface area contributed by atoms with E-state index in [0.29, 0.717) is 15.6 Å². The molecule has 0 spiro atoms. The molecule has 0 saturated carbocycles. The van der Waals surface area contributed by atoms with E-state index in [-0.39, 0.29) is 11.3 Å². The highest BCUT2D eigenvalue weighted by atomic mass is 32.2. The number of aliphatic hydroxyl groups excluding tert-OH is 1. The Kier molecular flexibility index (Phi) is 5.85. The molecule has 1 aliphatic heterocycles. The molecule has 2 aromatic rings. The number of methoxy groups -OCH3 is 1. The fraction of sp³-hybridized carbons (Fsp3) is 0.100. The van der Waals surface area contributed by atoms with E-state index in [4.69, 9.17) is 4.74 Å². The van der Waals surface area contributed by atoms with Crippen molar-refractivity contribution in [3.63, 3.8) is 0 Å². The van der Waals surface area contributed by atoms with E-state index in [2.05, 4.69) is 4.99 Å². The Morgan fingerprint density at radius 1 is 1.15 bits per heavy atom. The molecule has 0 aromatic heterocycles. The SMILES string of the molecule is COC(=O)C1=C(O)/C(=C\c2ccc(SC)cc2)SC1=Nc1ccccc1. The third kappa shape index (κ3) is 4.03. The Hall–Kier alpha value is -2.44. The molecule has 0 aliphatic carbocycles. The van der Waals surface area contributed by atoms with Crippen molar-refractivity contribution in [3.8, 4) is 0 Å². The number of rotatable bonds is 4. The maximum absolute atomic E-state index is 12.1. The van der Waals surface area contributed by atoms with Gasteiger partial charge in [0.25, 0.3) is 0 Å². The molecular formula is C20H17NO3S2. The molecule has 1 aliphatic rings. The lowest BCUT2D eigenvalue weighted by Crippen LogP contribution is -2.10. The summed E-state index contributed by atoms with van der Waals surface area (Å²) in [6.07, 6.45) is 3.85. The second kappa shape index (κ2) is 8.29. The Labute approximate surface area is 160 Å². The lowest BCUT2D eigenvalue weighted by molar-refractivity contribution is -0.135. The van der Waals surface area contributed by atoms with Crippen molar-refractivity contribution in [3.05, 3.63) is 76.4 Å². The normalized spacial score (nSPS) is 17.2. The van der Waals surface area contributed by atoms with Gasteiger partial charge < -0.3 is 9.84 Å². The van der Waals surface area contributed by atoms with Gasteiger partial charge in [0, 0.05) is 4.90 Å². The van der Waals surface area contributed by atoms with E-state index >= 15 is 0 Å². The van der Waals surface area contributed by atoms with E-state index in [1.165, 1.54) is 18.9 Å². The predicted molar refractivity (Wildman–Crippen MR) is 109 cm³/mol. The third-order valence-corrected chi connectivity index (χ3v) is 5.44. The monoisotopic (exact) mass is 383 g/mol. The molecule has 26 heavy (non-hydrogen) atoms. The van der Waals surface area contributed by atoms with Crippen LogP contribution in [0.4, 0.5) is 5.69 Å². The van der Waals surface area contributed by atoms with Crippen molar-refractivity contribution >= 4 is 46.3 Å². The van der Waals surface area contributed by atoms with Crippen LogP contribution in [0.25, 0.3) is 6.08 Å². The first-order chi connectivity index (χ1) is 12.6. The van der Waals surface area contributed by atoms with Crippen LogP contribution in [0.2, 0.25) is 0 Å². The number of hydrogen-bond donors (Lipinski definition) is 1. The van der Waals surface area contributed by atoms with Crippen molar-refractivity contribution in [1.82, 2.24) is 0 Å². The van der Waals surface area contributed by atoms with Crippen LogP contribution in [0, 0.1) is 0 Å². The standard InChI is InChI=1S/C20H17NO3S2/c1-24-20(23)17-18(22)16(12-13-8-10-15(25-2)11-9-13)26-19(17)21-14-6-4-3-5-7-14/h3-12,22H,1-2H3/b16-12+,21-19?. The third-order valence-electron chi connectivity index (χ3n) is 3.68. The van der Waals surface area contributed by atoms with E-state index in [0.717, 1.165) is 10.5 Å². The molecule has 0 bridgehead atoms. The van der Waals surface area contributed by atoms with Crippen LogP contribution in [-0.2, 0) is 9.53 Å². The maximum Gasteiger partial charge on any atom is 0.344 e. The van der Waals surface area contributed by atoms with Gasteiger partial charge in [0.15, 0.2) is 0 Å². The zero-order chi connectivity index (χ0) is 18.5. The molecule has 3 rings (SSSR count). The summed E-state index contributed by atoms with van der Waals surface area (Å²) in [4.78, 5) is 18.4. The number of thioether (sulfide) groups is 2. The fourth-order valence-corrected chi connectivity index (χ4v) is 3.81. The Morgan fingerprint density at radius 3 is 2.46 bits per heavy atom. The minimum atomic E-state index is -0.606. The van der Waals surface area contributed by atoms with Crippen LogP contribution < -0.4 is 0 Å². The largest absolute Gasteiger partial charge is 0.506 e. The van der Waals surface area contributed by atoms with Gasteiger partial charge in [-0.15, -0.1) is 11.8 Å². The summed E-state index contributed by atoms with van der Waals surface area (Å²) in [5.74, 6) is -0.712. The van der Waals surface area contributed by atoms with Gasteiger partial charge in [0.1, 0.15) is 16.4 Å². The molecule has 0 fully saturated rings. The summed E-state index contributed by atoms with van der Waals surface area (Å²) < 4.78 is 4.82. The molecule has 4 nitrogen and oxygen atoms in total. The summed E-state index contributed by atoms with van der Waals surface area (Å²) >= 11 is 2.92. The number of carbonyl (C=O) groups excluding carboxylic acids is 1. The van der Waals surface area contributed by atoms with E-state index in [9.17, 15) is 9.90 Å². The number of para-hydroxylation sites is 1. The summed E-state index contributed by atoms with van der Waals surface area (Å²) in [7, 11) is 1.29. The molecule has 132 valence electrons. The first kappa shape index (κ1) is 18.4. The van der Waals surface area contributed by atoms with Crippen molar-refractivity contribution in [1.29, 1.82) is 0 Å². The molecule has 1 N–H and O–H groups in total. The number of nitrogens with zero attached hydrogens (tertiary/aromatic N) is 1. The molecule has 1 heterocycles. The number of esters is 1. The minimum absolute atomic E-state index is 0.0911. The van der Waals surface area contributed by atoms with Crippen LogP contribution >= 0.6 is 23.5 Å². The summed E-state index contributed by atoms with van der Waals surface area (Å²) in [6, 6.07) is 17.3. The van der Waals surface area contributed by atoms with Crippen molar-refractivity contribution in [2.24, 2.45) is 4.99 Å². The van der Waals surface area contributed by atoms with Crippen molar-refractivity contribution < 1.29 is 14.6 Å². The summed E-state index contributed by atoms with van der Waals surface area (Å²) in [5, 5.41) is 11.0. The number of carbonyl (C=O) groups is 1. The molecular weight excluding hydrogens is 366 g/mol. The van der Waals surface area contributed by atoms with Crippen LogP contribution in [0.5, 0.6) is 0 Å². The van der Waals surface area contributed by atoms with Crippen molar-refractivity contribution in [2.45, 2.75) is 4.90 Å². The molecule has 0 saturated heterocycles. The van der Waals surface area contributed by atoms with Crippen LogP contribution in [0.1, 0.15) is 5.56 Å². The predicted octanol–water partition coefficient (Wildman–Crippen LogP) is 5.21. The van der Waals surface area contributed by atoms with Crippen LogP contribution in [0.3, 0.4) is 0 Å². The van der Waals surface area contributed by atoms with E-state index < -0.39 is 5.97 Å². The van der Waals surface area contributed by atoms with Gasteiger partial charge in [-0.3, -0.25) is 0 Å². The van der Waals surface area contributed by atoms with Gasteiger partial charge in [0.2, 0.25) is 0 Å². The number of ether oxygens (including phenoxy) is 1. The molecule has 6 heteroatoms. The maximum atomic E-state index is 12.1. The van der Waals surface area contributed by atoms with E-state index in [1.807, 2.05) is 66.9 Å². The Morgan fingerprint density at radius 2 is 1.85 bits per heavy atom. The van der Waals surface area contributed by atoms with Crippen molar-refractivity contribution in [2.75, 3.05) is 13.4 Å².